The van der Waals surface area contributed by atoms with Crippen molar-refractivity contribution in [3.8, 4) is 5.69 Å². The van der Waals surface area contributed by atoms with Crippen molar-refractivity contribution in [3.63, 3.8) is 0 Å². The first-order chi connectivity index (χ1) is 12.5. The van der Waals surface area contributed by atoms with Gasteiger partial charge in [0, 0.05) is 12.0 Å². The van der Waals surface area contributed by atoms with Gasteiger partial charge >= 0.3 is 0 Å². The highest BCUT2D eigenvalue weighted by Crippen LogP contribution is 2.49. The van der Waals surface area contributed by atoms with Crippen LogP contribution in [-0.2, 0) is 14.3 Å². The molecule has 9 heteroatoms. The van der Waals surface area contributed by atoms with Gasteiger partial charge in [-0.25, -0.2) is 8.42 Å². The number of rotatable bonds is 7. The number of hydrogen-bond donors (Lipinski definition) is 0. The maximum absolute atomic E-state index is 13.1. The summed E-state index contributed by atoms with van der Waals surface area (Å²) in [6.07, 6.45) is 1.71. The van der Waals surface area contributed by atoms with E-state index in [0.717, 1.165) is 12.8 Å². The van der Waals surface area contributed by atoms with E-state index < -0.39 is 18.2 Å². The lowest BCUT2D eigenvalue weighted by Crippen LogP contribution is -2.43. The topological polar surface area (TPSA) is 87.0 Å². The highest BCUT2D eigenvalue weighted by Gasteiger charge is 2.50. The molecular weight excluding hydrogens is 380 g/mol. The first kappa shape index (κ1) is 20.2. The Hall–Kier alpha value is -1.58. The number of tetrazole rings is 1. The molecule has 3 rings (SSSR count). The van der Waals surface area contributed by atoms with E-state index in [0.29, 0.717) is 12.3 Å². The molecule has 148 valence electrons. The minimum Gasteiger partial charge on any atom is -0.416 e. The second-order valence-corrected chi connectivity index (χ2v) is 15.7. The standard InChI is InChI=1S/C18H28N4O3SSi/c1-17(2,3)27(4,5)25-13-18(11-12-18)14-26(23,24)16-19-20-21-22(16)15-9-7-6-8-10-15/h6-10H,11-14H2,1-5H3. The van der Waals surface area contributed by atoms with Crippen LogP contribution in [-0.4, -0.2) is 49.3 Å². The predicted molar refractivity (Wildman–Crippen MR) is 106 cm³/mol. The van der Waals surface area contributed by atoms with Crippen molar-refractivity contribution in [2.75, 3.05) is 12.4 Å². The van der Waals surface area contributed by atoms with Crippen LogP contribution in [0.25, 0.3) is 5.69 Å². The maximum atomic E-state index is 13.1. The zero-order chi connectivity index (χ0) is 19.9. The van der Waals surface area contributed by atoms with E-state index >= 15 is 0 Å². The van der Waals surface area contributed by atoms with Crippen LogP contribution in [0.5, 0.6) is 0 Å². The summed E-state index contributed by atoms with van der Waals surface area (Å²) in [5.74, 6) is 0.0157. The maximum Gasteiger partial charge on any atom is 0.272 e. The molecule has 0 unspecified atom stereocenters. The van der Waals surface area contributed by atoms with Crippen molar-refractivity contribution in [1.29, 1.82) is 0 Å². The summed E-state index contributed by atoms with van der Waals surface area (Å²) in [5.41, 5.74) is 0.311. The zero-order valence-electron chi connectivity index (χ0n) is 16.6. The number of nitrogens with zero attached hydrogens (tertiary/aromatic N) is 4. The van der Waals surface area contributed by atoms with Gasteiger partial charge in [-0.1, -0.05) is 44.1 Å². The molecule has 1 aromatic carbocycles. The molecule has 0 aliphatic heterocycles. The van der Waals surface area contributed by atoms with Crippen LogP contribution in [0.15, 0.2) is 35.5 Å². The summed E-state index contributed by atoms with van der Waals surface area (Å²) in [5, 5.41) is 11.3. The molecule has 0 bridgehead atoms. The van der Waals surface area contributed by atoms with Crippen molar-refractivity contribution in [2.45, 2.75) is 56.9 Å². The molecule has 0 radical (unpaired) electrons. The molecule has 7 nitrogen and oxygen atoms in total. The van der Waals surface area contributed by atoms with Crippen molar-refractivity contribution in [3.05, 3.63) is 30.3 Å². The van der Waals surface area contributed by atoms with E-state index in [2.05, 4.69) is 49.4 Å². The third kappa shape index (κ3) is 4.30. The Morgan fingerprint density at radius 2 is 1.81 bits per heavy atom. The molecule has 2 aromatic rings. The summed E-state index contributed by atoms with van der Waals surface area (Å²) < 4.78 is 33.7. The van der Waals surface area contributed by atoms with Gasteiger partial charge in [-0.2, -0.15) is 4.68 Å². The lowest BCUT2D eigenvalue weighted by Gasteiger charge is -2.37. The van der Waals surface area contributed by atoms with Crippen LogP contribution in [0.4, 0.5) is 0 Å². The fraction of sp³-hybridized carbons (Fsp3) is 0.611. The average molecular weight is 409 g/mol. The van der Waals surface area contributed by atoms with Crippen LogP contribution in [0.1, 0.15) is 33.6 Å². The zero-order valence-corrected chi connectivity index (χ0v) is 18.5. The molecule has 0 amide bonds. The van der Waals surface area contributed by atoms with E-state index in [1.54, 1.807) is 12.1 Å². The van der Waals surface area contributed by atoms with Crippen LogP contribution < -0.4 is 0 Å². The Balaban J connectivity index is 1.77. The predicted octanol–water partition coefficient (Wildman–Crippen LogP) is 3.24. The number of sulfone groups is 1. The van der Waals surface area contributed by atoms with Crippen molar-refractivity contribution in [2.24, 2.45) is 5.41 Å². The SMILES string of the molecule is CC(C)(C)[Si](C)(C)OCC1(CS(=O)(=O)c2nnnn2-c2ccccc2)CC1. The molecule has 1 saturated carbocycles. The fourth-order valence-electron chi connectivity index (χ4n) is 2.63. The average Bonchev–Trinajstić information content (AvgIpc) is 3.14. The van der Waals surface area contributed by atoms with E-state index in [1.165, 1.54) is 4.68 Å². The fourth-order valence-corrected chi connectivity index (χ4v) is 5.60. The van der Waals surface area contributed by atoms with E-state index in [-0.39, 0.29) is 21.4 Å². The summed E-state index contributed by atoms with van der Waals surface area (Å²) in [6, 6.07) is 9.07. The van der Waals surface area contributed by atoms with Gasteiger partial charge in [-0.15, -0.1) is 0 Å². The highest BCUT2D eigenvalue weighted by atomic mass is 32.2. The molecular formula is C18H28N4O3SSi. The van der Waals surface area contributed by atoms with Gasteiger partial charge in [0.1, 0.15) is 0 Å². The normalized spacial score (nSPS) is 17.1. The molecule has 1 fully saturated rings. The number of para-hydroxylation sites is 1. The first-order valence-corrected chi connectivity index (χ1v) is 13.7. The third-order valence-electron chi connectivity index (χ3n) is 5.72. The Bertz CT molecular complexity index is 900. The number of benzene rings is 1. The molecule has 0 atom stereocenters. The second kappa shape index (κ2) is 6.79. The summed E-state index contributed by atoms with van der Waals surface area (Å²) in [6.45, 7) is 11.4. The lowest BCUT2D eigenvalue weighted by atomic mass is 10.2. The quantitative estimate of drug-likeness (QED) is 0.654. The van der Waals surface area contributed by atoms with Crippen molar-refractivity contribution >= 4 is 18.2 Å². The Labute approximate surface area is 162 Å². The van der Waals surface area contributed by atoms with Crippen molar-refractivity contribution in [1.82, 2.24) is 20.2 Å². The van der Waals surface area contributed by atoms with Crippen LogP contribution >= 0.6 is 0 Å². The number of hydrogen-bond acceptors (Lipinski definition) is 6. The van der Waals surface area contributed by atoms with Crippen molar-refractivity contribution < 1.29 is 12.8 Å². The second-order valence-electron chi connectivity index (χ2n) is 9.02. The monoisotopic (exact) mass is 408 g/mol. The smallest absolute Gasteiger partial charge is 0.272 e. The molecule has 1 heterocycles. The molecule has 0 N–H and O–H groups in total. The summed E-state index contributed by atoms with van der Waals surface area (Å²) >= 11 is 0. The number of aromatic nitrogens is 4. The largest absolute Gasteiger partial charge is 0.416 e. The lowest BCUT2D eigenvalue weighted by molar-refractivity contribution is 0.227. The molecule has 1 aromatic heterocycles. The van der Waals surface area contributed by atoms with E-state index in [4.69, 9.17) is 4.43 Å². The Morgan fingerprint density at radius 1 is 1.19 bits per heavy atom. The van der Waals surface area contributed by atoms with Gasteiger partial charge in [0.05, 0.1) is 11.4 Å². The summed E-state index contributed by atoms with van der Waals surface area (Å²) in [4.78, 5) is 0. The molecule has 27 heavy (non-hydrogen) atoms. The highest BCUT2D eigenvalue weighted by molar-refractivity contribution is 7.91. The van der Waals surface area contributed by atoms with Gasteiger partial charge in [-0.3, -0.25) is 0 Å². The van der Waals surface area contributed by atoms with Gasteiger partial charge in [-0.05, 0) is 53.5 Å². The molecule has 0 spiro atoms. The van der Waals surface area contributed by atoms with Crippen LogP contribution in [0, 0.1) is 5.41 Å². The van der Waals surface area contributed by atoms with Gasteiger partial charge in [0.25, 0.3) is 5.16 Å². The van der Waals surface area contributed by atoms with Crippen LogP contribution in [0.2, 0.25) is 18.1 Å². The van der Waals surface area contributed by atoms with Gasteiger partial charge < -0.3 is 4.43 Å². The van der Waals surface area contributed by atoms with E-state index in [1.807, 2.05) is 18.2 Å². The van der Waals surface area contributed by atoms with Crippen LogP contribution in [0.3, 0.4) is 0 Å². The van der Waals surface area contributed by atoms with Gasteiger partial charge in [0.2, 0.25) is 9.84 Å². The molecule has 1 aliphatic rings. The minimum atomic E-state index is -3.63. The Morgan fingerprint density at radius 3 is 2.37 bits per heavy atom. The first-order valence-electron chi connectivity index (χ1n) is 9.16. The molecule has 0 saturated heterocycles. The minimum absolute atomic E-state index is 0.0157. The Kier molecular flexibility index (Phi) is 5.07. The molecule has 1 aliphatic carbocycles. The third-order valence-corrected chi connectivity index (χ3v) is 12.0. The van der Waals surface area contributed by atoms with Gasteiger partial charge in [0.15, 0.2) is 8.32 Å². The summed E-state index contributed by atoms with van der Waals surface area (Å²) in [7, 11) is -5.55. The van der Waals surface area contributed by atoms with E-state index in [9.17, 15) is 8.42 Å².